The molecule has 2 rings (SSSR count). The van der Waals surface area contributed by atoms with Gasteiger partial charge in [-0.2, -0.15) is 0 Å². The van der Waals surface area contributed by atoms with Gasteiger partial charge in [0.1, 0.15) is 11.9 Å². The van der Waals surface area contributed by atoms with Crippen LogP contribution in [0.5, 0.6) is 5.75 Å². The van der Waals surface area contributed by atoms with Crippen LogP contribution in [0, 0.1) is 0 Å². The molecule has 0 fully saturated rings. The van der Waals surface area contributed by atoms with E-state index in [1.54, 1.807) is 0 Å². The minimum atomic E-state index is -0.0647. The Morgan fingerprint density at radius 2 is 2.44 bits per heavy atom. The van der Waals surface area contributed by atoms with Crippen molar-refractivity contribution in [1.82, 2.24) is 0 Å². The molecule has 1 heterocycles. The molecule has 0 spiro atoms. The zero-order valence-electron chi connectivity index (χ0n) is 9.35. The number of rotatable bonds is 4. The average molecular weight is 220 g/mol. The highest BCUT2D eigenvalue weighted by Gasteiger charge is 2.19. The fourth-order valence-electron chi connectivity index (χ4n) is 1.59. The maximum absolute atomic E-state index is 5.56. The van der Waals surface area contributed by atoms with Gasteiger partial charge in [-0.1, -0.05) is 19.1 Å². The van der Waals surface area contributed by atoms with Crippen LogP contribution in [0.1, 0.15) is 25.0 Å². The largest absolute Gasteiger partial charge is 0.494 e. The first-order valence-corrected chi connectivity index (χ1v) is 5.49. The molecule has 1 aromatic carbocycles. The van der Waals surface area contributed by atoms with Crippen LogP contribution in [0.15, 0.2) is 29.3 Å². The maximum Gasteiger partial charge on any atom is 0.282 e. The van der Waals surface area contributed by atoms with Crippen molar-refractivity contribution in [2.45, 2.75) is 19.4 Å². The van der Waals surface area contributed by atoms with E-state index in [4.69, 9.17) is 15.2 Å². The van der Waals surface area contributed by atoms with E-state index in [1.807, 2.05) is 24.3 Å². The van der Waals surface area contributed by atoms with Crippen LogP contribution in [0.2, 0.25) is 0 Å². The molecule has 16 heavy (non-hydrogen) atoms. The second-order valence-corrected chi connectivity index (χ2v) is 3.71. The number of nitrogens with zero attached hydrogens (tertiary/aromatic N) is 1. The van der Waals surface area contributed by atoms with E-state index in [-0.39, 0.29) is 12.1 Å². The zero-order chi connectivity index (χ0) is 11.4. The van der Waals surface area contributed by atoms with Gasteiger partial charge in [0.15, 0.2) is 0 Å². The van der Waals surface area contributed by atoms with Crippen LogP contribution in [0.4, 0.5) is 0 Å². The van der Waals surface area contributed by atoms with Crippen molar-refractivity contribution >= 4 is 6.02 Å². The third kappa shape index (κ3) is 2.45. The van der Waals surface area contributed by atoms with Gasteiger partial charge in [0.2, 0.25) is 0 Å². The number of amidine groups is 1. The van der Waals surface area contributed by atoms with Gasteiger partial charge in [0.25, 0.3) is 6.02 Å². The van der Waals surface area contributed by atoms with E-state index >= 15 is 0 Å². The minimum Gasteiger partial charge on any atom is -0.494 e. The van der Waals surface area contributed by atoms with Crippen molar-refractivity contribution in [3.8, 4) is 5.75 Å². The Morgan fingerprint density at radius 3 is 3.12 bits per heavy atom. The Kier molecular flexibility index (Phi) is 3.29. The van der Waals surface area contributed by atoms with Gasteiger partial charge in [0.05, 0.1) is 13.2 Å². The Labute approximate surface area is 95.1 Å². The van der Waals surface area contributed by atoms with Gasteiger partial charge in [-0.3, -0.25) is 0 Å². The molecule has 4 heteroatoms. The molecular formula is C12H16N2O2. The molecule has 1 aliphatic rings. The average Bonchev–Trinajstić information content (AvgIpc) is 2.74. The number of hydrogen-bond donors (Lipinski definition) is 1. The molecular weight excluding hydrogens is 204 g/mol. The lowest BCUT2D eigenvalue weighted by atomic mass is 10.1. The second-order valence-electron chi connectivity index (χ2n) is 3.71. The quantitative estimate of drug-likeness (QED) is 0.842. The molecule has 1 aliphatic heterocycles. The molecule has 0 aromatic heterocycles. The number of hydrogen-bond acceptors (Lipinski definition) is 4. The van der Waals surface area contributed by atoms with Gasteiger partial charge in [-0.05, 0) is 24.1 Å². The lowest BCUT2D eigenvalue weighted by molar-refractivity contribution is 0.225. The molecule has 1 aromatic rings. The first-order chi connectivity index (χ1) is 7.79. The van der Waals surface area contributed by atoms with E-state index in [2.05, 4.69) is 11.9 Å². The summed E-state index contributed by atoms with van der Waals surface area (Å²) in [6.45, 7) is 3.40. The fourth-order valence-corrected chi connectivity index (χ4v) is 1.59. The summed E-state index contributed by atoms with van der Waals surface area (Å²) >= 11 is 0. The van der Waals surface area contributed by atoms with Gasteiger partial charge in [0, 0.05) is 0 Å². The molecule has 0 saturated carbocycles. The van der Waals surface area contributed by atoms with Crippen LogP contribution in [0.3, 0.4) is 0 Å². The normalized spacial score (nSPS) is 19.1. The third-order valence-electron chi connectivity index (χ3n) is 2.38. The highest BCUT2D eigenvalue weighted by atomic mass is 16.5. The summed E-state index contributed by atoms with van der Waals surface area (Å²) in [4.78, 5) is 4.02. The summed E-state index contributed by atoms with van der Waals surface area (Å²) < 4.78 is 10.9. The maximum atomic E-state index is 5.56. The Hall–Kier alpha value is -1.71. The second kappa shape index (κ2) is 4.88. The van der Waals surface area contributed by atoms with Crippen molar-refractivity contribution in [3.05, 3.63) is 29.8 Å². The van der Waals surface area contributed by atoms with Crippen molar-refractivity contribution in [2.75, 3.05) is 13.2 Å². The molecule has 2 N–H and O–H groups in total. The molecule has 0 amide bonds. The number of benzene rings is 1. The van der Waals surface area contributed by atoms with Gasteiger partial charge in [-0.15, -0.1) is 0 Å². The van der Waals surface area contributed by atoms with Crippen molar-refractivity contribution < 1.29 is 9.47 Å². The van der Waals surface area contributed by atoms with Crippen molar-refractivity contribution in [3.63, 3.8) is 0 Å². The van der Waals surface area contributed by atoms with Crippen molar-refractivity contribution in [2.24, 2.45) is 10.7 Å². The van der Waals surface area contributed by atoms with E-state index < -0.39 is 0 Å². The van der Waals surface area contributed by atoms with E-state index in [1.165, 1.54) is 0 Å². The zero-order valence-corrected chi connectivity index (χ0v) is 9.35. The molecule has 0 bridgehead atoms. The molecule has 86 valence electrons. The Balaban J connectivity index is 2.04. The topological polar surface area (TPSA) is 56.8 Å². The van der Waals surface area contributed by atoms with Gasteiger partial charge >= 0.3 is 0 Å². The van der Waals surface area contributed by atoms with Gasteiger partial charge in [-0.25, -0.2) is 4.99 Å². The molecule has 0 aliphatic carbocycles. The third-order valence-corrected chi connectivity index (χ3v) is 2.38. The number of aliphatic imine (C=N–C) groups is 1. The monoisotopic (exact) mass is 220 g/mol. The van der Waals surface area contributed by atoms with E-state index in [9.17, 15) is 0 Å². The van der Waals surface area contributed by atoms with E-state index in [0.29, 0.717) is 6.54 Å². The first-order valence-electron chi connectivity index (χ1n) is 5.49. The van der Waals surface area contributed by atoms with Crippen LogP contribution in [0.25, 0.3) is 0 Å². The highest BCUT2D eigenvalue weighted by Crippen LogP contribution is 2.25. The van der Waals surface area contributed by atoms with Crippen LogP contribution in [-0.4, -0.2) is 19.2 Å². The van der Waals surface area contributed by atoms with Gasteiger partial charge < -0.3 is 15.2 Å². The lowest BCUT2D eigenvalue weighted by Crippen LogP contribution is -2.13. The minimum absolute atomic E-state index is 0.0647. The van der Waals surface area contributed by atoms with Crippen LogP contribution in [-0.2, 0) is 4.74 Å². The standard InChI is InChI=1S/C12H16N2O2/c1-2-6-15-10-5-3-4-9(7-10)11-8-14-12(13)16-11/h3-5,7,11H,2,6,8H2,1H3,(H2,13,14). The number of nitrogens with two attached hydrogens (primary N) is 1. The first kappa shape index (κ1) is 10.8. The smallest absolute Gasteiger partial charge is 0.282 e. The van der Waals surface area contributed by atoms with E-state index in [0.717, 1.165) is 24.3 Å². The summed E-state index contributed by atoms with van der Waals surface area (Å²) in [5, 5.41) is 0. The molecule has 1 unspecified atom stereocenters. The highest BCUT2D eigenvalue weighted by molar-refractivity contribution is 5.73. The number of ether oxygens (including phenoxy) is 2. The predicted molar refractivity (Wildman–Crippen MR) is 62.5 cm³/mol. The van der Waals surface area contributed by atoms with Crippen LogP contribution >= 0.6 is 0 Å². The summed E-state index contributed by atoms with van der Waals surface area (Å²) in [5.41, 5.74) is 6.53. The SMILES string of the molecule is CCCOc1cccc(C2CN=C(N)O2)c1. The summed E-state index contributed by atoms with van der Waals surface area (Å²) in [6.07, 6.45) is 0.936. The Morgan fingerprint density at radius 1 is 1.56 bits per heavy atom. The summed E-state index contributed by atoms with van der Waals surface area (Å²) in [5.74, 6) is 0.869. The lowest BCUT2D eigenvalue weighted by Gasteiger charge is -2.12. The summed E-state index contributed by atoms with van der Waals surface area (Å²) in [7, 11) is 0. The molecule has 1 atom stereocenters. The van der Waals surface area contributed by atoms with Crippen molar-refractivity contribution in [1.29, 1.82) is 0 Å². The fraction of sp³-hybridized carbons (Fsp3) is 0.417. The van der Waals surface area contributed by atoms with Crippen LogP contribution < -0.4 is 10.5 Å². The molecule has 0 saturated heterocycles. The Bertz CT molecular complexity index is 390. The molecule has 0 radical (unpaired) electrons. The summed E-state index contributed by atoms with van der Waals surface area (Å²) in [6, 6.07) is 8.15. The predicted octanol–water partition coefficient (Wildman–Crippen LogP) is 1.86. The molecule has 4 nitrogen and oxygen atoms in total.